The van der Waals surface area contributed by atoms with Gasteiger partial charge in [-0.05, 0) is 29.7 Å². The minimum atomic E-state index is -0.933. The van der Waals surface area contributed by atoms with Crippen molar-refractivity contribution in [3.05, 3.63) is 66.4 Å². The minimum Gasteiger partial charge on any atom is -0.478 e. The van der Waals surface area contributed by atoms with Crippen LogP contribution >= 0.6 is 0 Å². The molecule has 108 valence electrons. The van der Waals surface area contributed by atoms with Crippen LogP contribution in [0, 0.1) is 0 Å². The molecule has 0 unspecified atom stereocenters. The summed E-state index contributed by atoms with van der Waals surface area (Å²) in [5, 5.41) is 9.03. The number of hydrogen-bond acceptors (Lipinski definition) is 2. The fraction of sp³-hybridized carbons (Fsp3) is 0.167. The van der Waals surface area contributed by atoms with E-state index in [1.54, 1.807) is 0 Å². The summed E-state index contributed by atoms with van der Waals surface area (Å²) in [6.07, 6.45) is 2.59. The molecule has 2 rings (SSSR count). The first kappa shape index (κ1) is 14.9. The van der Waals surface area contributed by atoms with Crippen molar-refractivity contribution < 1.29 is 14.6 Å². The normalized spacial score (nSPS) is 11.2. The van der Waals surface area contributed by atoms with Crippen molar-refractivity contribution in [3.63, 3.8) is 0 Å². The number of carboxylic acids is 1. The van der Waals surface area contributed by atoms with E-state index in [4.69, 9.17) is 9.84 Å². The molecule has 0 heterocycles. The van der Waals surface area contributed by atoms with Crippen molar-refractivity contribution in [2.45, 2.75) is 19.8 Å². The molecule has 0 bridgehead atoms. The van der Waals surface area contributed by atoms with E-state index in [9.17, 15) is 4.79 Å². The molecule has 0 aliphatic heterocycles. The van der Waals surface area contributed by atoms with Crippen LogP contribution in [0.15, 0.2) is 66.4 Å². The molecule has 0 radical (unpaired) electrons. The maximum atomic E-state index is 11.0. The van der Waals surface area contributed by atoms with Gasteiger partial charge in [-0.25, -0.2) is 4.79 Å². The number of carboxylic acid groups (broad SMARTS) is 1. The molecule has 0 amide bonds. The van der Waals surface area contributed by atoms with Crippen LogP contribution in [0.1, 0.15) is 19.8 Å². The number of benzene rings is 2. The van der Waals surface area contributed by atoms with Crippen molar-refractivity contribution in [1.82, 2.24) is 0 Å². The quantitative estimate of drug-likeness (QED) is 0.626. The third-order valence-corrected chi connectivity index (χ3v) is 3.09. The lowest BCUT2D eigenvalue weighted by molar-refractivity contribution is -0.132. The van der Waals surface area contributed by atoms with E-state index in [1.165, 1.54) is 6.26 Å². The number of ether oxygens (including phenoxy) is 1. The van der Waals surface area contributed by atoms with Crippen LogP contribution in [-0.2, 0) is 4.79 Å². The predicted octanol–water partition coefficient (Wildman–Crippen LogP) is 4.50. The third kappa shape index (κ3) is 4.21. The maximum absolute atomic E-state index is 11.0. The molecule has 0 aliphatic carbocycles. The molecule has 0 atom stereocenters. The Balaban J connectivity index is 2.09. The van der Waals surface area contributed by atoms with Gasteiger partial charge >= 0.3 is 5.97 Å². The van der Waals surface area contributed by atoms with Gasteiger partial charge in [0.25, 0.3) is 0 Å². The Kier molecular flexibility index (Phi) is 5.16. The van der Waals surface area contributed by atoms with E-state index in [1.807, 2.05) is 61.5 Å². The molecule has 0 saturated heterocycles. The monoisotopic (exact) mass is 282 g/mol. The zero-order chi connectivity index (χ0) is 15.1. The topological polar surface area (TPSA) is 46.5 Å². The van der Waals surface area contributed by atoms with Crippen molar-refractivity contribution >= 4 is 5.97 Å². The van der Waals surface area contributed by atoms with Gasteiger partial charge in [0, 0.05) is 0 Å². The second kappa shape index (κ2) is 7.29. The Bertz CT molecular complexity index is 613. The van der Waals surface area contributed by atoms with Gasteiger partial charge in [-0.2, -0.15) is 0 Å². The molecular formula is C18H18O3. The van der Waals surface area contributed by atoms with Gasteiger partial charge in [-0.1, -0.05) is 55.8 Å². The second-order valence-electron chi connectivity index (χ2n) is 4.71. The fourth-order valence-corrected chi connectivity index (χ4v) is 1.98. The van der Waals surface area contributed by atoms with E-state index >= 15 is 0 Å². The summed E-state index contributed by atoms with van der Waals surface area (Å²) in [6, 6.07) is 17.6. The zero-order valence-electron chi connectivity index (χ0n) is 12.0. The lowest BCUT2D eigenvalue weighted by atomic mass is 10.1. The molecule has 21 heavy (non-hydrogen) atoms. The molecule has 1 N–H and O–H groups in total. The number of aliphatic carboxylic acids is 1. The summed E-state index contributed by atoms with van der Waals surface area (Å²) in [7, 11) is 0. The summed E-state index contributed by atoms with van der Waals surface area (Å²) in [5.74, 6) is -0.303. The molecule has 3 nitrogen and oxygen atoms in total. The summed E-state index contributed by atoms with van der Waals surface area (Å²) >= 11 is 0. The Morgan fingerprint density at radius 3 is 2.24 bits per heavy atom. The highest BCUT2D eigenvalue weighted by molar-refractivity contribution is 5.86. The SMILES string of the molecule is CCCC(=COc1ccc(-c2ccccc2)cc1)C(=O)O. The summed E-state index contributed by atoms with van der Waals surface area (Å²) in [5.41, 5.74) is 2.51. The van der Waals surface area contributed by atoms with E-state index in [0.29, 0.717) is 12.2 Å². The molecule has 0 saturated carbocycles. The zero-order valence-corrected chi connectivity index (χ0v) is 12.0. The highest BCUT2D eigenvalue weighted by Gasteiger charge is 2.06. The minimum absolute atomic E-state index is 0.282. The average Bonchev–Trinajstić information content (AvgIpc) is 2.52. The highest BCUT2D eigenvalue weighted by Crippen LogP contribution is 2.22. The smallest absolute Gasteiger partial charge is 0.334 e. The van der Waals surface area contributed by atoms with Crippen LogP contribution in [0.3, 0.4) is 0 Å². The Morgan fingerprint density at radius 1 is 1.05 bits per heavy atom. The van der Waals surface area contributed by atoms with Crippen molar-refractivity contribution in [2.75, 3.05) is 0 Å². The van der Waals surface area contributed by atoms with Gasteiger partial charge in [-0.15, -0.1) is 0 Å². The average molecular weight is 282 g/mol. The van der Waals surface area contributed by atoms with Gasteiger partial charge in [0.2, 0.25) is 0 Å². The molecule has 0 aromatic heterocycles. The standard InChI is InChI=1S/C18H18O3/c1-2-6-16(18(19)20)13-21-17-11-9-15(10-12-17)14-7-4-3-5-8-14/h3-5,7-13H,2,6H2,1H3,(H,19,20). The van der Waals surface area contributed by atoms with Crippen molar-refractivity contribution in [1.29, 1.82) is 0 Å². The Labute approximate surface area is 124 Å². The van der Waals surface area contributed by atoms with Crippen LogP contribution in [0.5, 0.6) is 5.75 Å². The highest BCUT2D eigenvalue weighted by atomic mass is 16.5. The van der Waals surface area contributed by atoms with Crippen LogP contribution < -0.4 is 4.74 Å². The van der Waals surface area contributed by atoms with E-state index < -0.39 is 5.97 Å². The second-order valence-corrected chi connectivity index (χ2v) is 4.71. The summed E-state index contributed by atoms with van der Waals surface area (Å²) < 4.78 is 5.43. The van der Waals surface area contributed by atoms with Crippen LogP contribution in [0.2, 0.25) is 0 Å². The lowest BCUT2D eigenvalue weighted by Gasteiger charge is -2.05. The first-order valence-corrected chi connectivity index (χ1v) is 6.95. The van der Waals surface area contributed by atoms with Crippen molar-refractivity contribution in [2.24, 2.45) is 0 Å². The molecule has 0 aliphatic rings. The van der Waals surface area contributed by atoms with Gasteiger partial charge in [0.05, 0.1) is 5.57 Å². The molecule has 0 spiro atoms. The first-order valence-electron chi connectivity index (χ1n) is 6.95. The van der Waals surface area contributed by atoms with Crippen LogP contribution in [-0.4, -0.2) is 11.1 Å². The largest absolute Gasteiger partial charge is 0.478 e. The number of hydrogen-bond donors (Lipinski definition) is 1. The molecule has 2 aromatic rings. The number of rotatable bonds is 6. The van der Waals surface area contributed by atoms with Crippen LogP contribution in [0.25, 0.3) is 11.1 Å². The van der Waals surface area contributed by atoms with Gasteiger partial charge in [0.1, 0.15) is 12.0 Å². The van der Waals surface area contributed by atoms with E-state index in [-0.39, 0.29) is 5.57 Å². The number of carbonyl (C=O) groups is 1. The van der Waals surface area contributed by atoms with E-state index in [0.717, 1.165) is 17.5 Å². The molecule has 0 fully saturated rings. The maximum Gasteiger partial charge on any atom is 0.334 e. The fourth-order valence-electron chi connectivity index (χ4n) is 1.98. The van der Waals surface area contributed by atoms with Gasteiger partial charge in [-0.3, -0.25) is 0 Å². The molecule has 2 aromatic carbocycles. The van der Waals surface area contributed by atoms with Gasteiger partial charge in [0.15, 0.2) is 0 Å². The Morgan fingerprint density at radius 2 is 1.67 bits per heavy atom. The summed E-state index contributed by atoms with van der Waals surface area (Å²) in [6.45, 7) is 1.94. The molecule has 3 heteroatoms. The predicted molar refractivity (Wildman–Crippen MR) is 83.1 cm³/mol. The molecular weight excluding hydrogens is 264 g/mol. The first-order chi connectivity index (χ1) is 10.2. The third-order valence-electron chi connectivity index (χ3n) is 3.09. The van der Waals surface area contributed by atoms with Crippen LogP contribution in [0.4, 0.5) is 0 Å². The Hall–Kier alpha value is -2.55. The van der Waals surface area contributed by atoms with Crippen molar-refractivity contribution in [3.8, 4) is 16.9 Å². The van der Waals surface area contributed by atoms with E-state index in [2.05, 4.69) is 0 Å². The summed E-state index contributed by atoms with van der Waals surface area (Å²) in [4.78, 5) is 11.0. The van der Waals surface area contributed by atoms with Gasteiger partial charge < -0.3 is 9.84 Å². The lowest BCUT2D eigenvalue weighted by Crippen LogP contribution is -2.02.